The summed E-state index contributed by atoms with van der Waals surface area (Å²) >= 11 is 0. The first kappa shape index (κ1) is 21.4. The molecule has 3 rings (SSSR count). The van der Waals surface area contributed by atoms with Crippen LogP contribution in [0.2, 0.25) is 0 Å². The van der Waals surface area contributed by atoms with Crippen LogP contribution in [0.1, 0.15) is 5.56 Å². The third-order valence-corrected chi connectivity index (χ3v) is 4.24. The standard InChI is InChI=1S/C22H21N5O4/c1-14-6-7-16(25-19(21(29)31-3)12-20(28)30-2)11-18(14)27-22-24-10-8-17(26-22)15-5-4-9-23-13-15/h4-13,25H,1-3H3,(H,24,26,27)/b19-12+. The summed E-state index contributed by atoms with van der Waals surface area (Å²) in [5.74, 6) is -0.980. The highest BCUT2D eigenvalue weighted by Gasteiger charge is 2.14. The number of benzene rings is 1. The van der Waals surface area contributed by atoms with E-state index in [2.05, 4.69) is 30.3 Å². The third kappa shape index (κ3) is 5.63. The van der Waals surface area contributed by atoms with Gasteiger partial charge in [0.2, 0.25) is 5.95 Å². The summed E-state index contributed by atoms with van der Waals surface area (Å²) in [6.07, 6.45) is 6.11. The van der Waals surface area contributed by atoms with Gasteiger partial charge in [0.05, 0.1) is 26.0 Å². The van der Waals surface area contributed by atoms with Gasteiger partial charge in [-0.15, -0.1) is 0 Å². The Balaban J connectivity index is 1.85. The van der Waals surface area contributed by atoms with Crippen molar-refractivity contribution in [2.75, 3.05) is 24.9 Å². The van der Waals surface area contributed by atoms with Crippen LogP contribution < -0.4 is 10.6 Å². The number of esters is 2. The molecule has 2 heterocycles. The molecule has 9 heteroatoms. The van der Waals surface area contributed by atoms with Gasteiger partial charge in [0.15, 0.2) is 0 Å². The third-order valence-electron chi connectivity index (χ3n) is 4.24. The number of methoxy groups -OCH3 is 2. The Morgan fingerprint density at radius 2 is 1.90 bits per heavy atom. The molecule has 2 aromatic heterocycles. The second-order valence-corrected chi connectivity index (χ2v) is 6.36. The lowest BCUT2D eigenvalue weighted by Gasteiger charge is -2.13. The fraction of sp³-hybridized carbons (Fsp3) is 0.136. The van der Waals surface area contributed by atoms with Gasteiger partial charge in [-0.25, -0.2) is 19.6 Å². The Labute approximate surface area is 179 Å². The average molecular weight is 419 g/mol. The van der Waals surface area contributed by atoms with E-state index in [9.17, 15) is 9.59 Å². The van der Waals surface area contributed by atoms with Crippen LogP contribution in [0.5, 0.6) is 0 Å². The van der Waals surface area contributed by atoms with E-state index in [0.717, 1.165) is 28.6 Å². The van der Waals surface area contributed by atoms with Crippen LogP contribution in [0.4, 0.5) is 17.3 Å². The quantitative estimate of drug-likeness (QED) is 0.440. The van der Waals surface area contributed by atoms with E-state index in [-0.39, 0.29) is 5.70 Å². The van der Waals surface area contributed by atoms with Gasteiger partial charge < -0.3 is 20.1 Å². The van der Waals surface area contributed by atoms with Crippen molar-refractivity contribution in [3.8, 4) is 11.3 Å². The number of pyridine rings is 1. The summed E-state index contributed by atoms with van der Waals surface area (Å²) in [6.45, 7) is 1.92. The molecule has 0 aliphatic carbocycles. The van der Waals surface area contributed by atoms with Gasteiger partial charge in [0.25, 0.3) is 0 Å². The first-order valence-electron chi connectivity index (χ1n) is 9.26. The van der Waals surface area contributed by atoms with Gasteiger partial charge in [-0.2, -0.15) is 0 Å². The number of ether oxygens (including phenoxy) is 2. The van der Waals surface area contributed by atoms with Gasteiger partial charge in [0, 0.05) is 35.5 Å². The van der Waals surface area contributed by atoms with Crippen molar-refractivity contribution in [3.63, 3.8) is 0 Å². The number of aromatic nitrogens is 3. The molecule has 0 fully saturated rings. The zero-order valence-electron chi connectivity index (χ0n) is 17.2. The molecule has 1 aromatic carbocycles. The molecule has 0 saturated heterocycles. The number of rotatable bonds is 7. The Kier molecular flexibility index (Phi) is 6.89. The highest BCUT2D eigenvalue weighted by molar-refractivity contribution is 5.98. The van der Waals surface area contributed by atoms with E-state index in [1.807, 2.05) is 25.1 Å². The number of carbonyl (C=O) groups is 2. The van der Waals surface area contributed by atoms with Crippen molar-refractivity contribution in [1.29, 1.82) is 0 Å². The molecule has 31 heavy (non-hydrogen) atoms. The minimum atomic E-state index is -0.701. The van der Waals surface area contributed by atoms with Crippen molar-refractivity contribution in [2.24, 2.45) is 0 Å². The minimum Gasteiger partial charge on any atom is -0.466 e. The Morgan fingerprint density at radius 3 is 2.61 bits per heavy atom. The number of carbonyl (C=O) groups excluding carboxylic acids is 2. The number of nitrogens with zero attached hydrogens (tertiary/aromatic N) is 3. The first-order valence-corrected chi connectivity index (χ1v) is 9.26. The molecular formula is C22H21N5O4. The molecule has 0 unspecified atom stereocenters. The van der Waals surface area contributed by atoms with Crippen molar-refractivity contribution in [3.05, 3.63) is 72.3 Å². The second-order valence-electron chi connectivity index (χ2n) is 6.36. The van der Waals surface area contributed by atoms with Crippen molar-refractivity contribution >= 4 is 29.3 Å². The lowest BCUT2D eigenvalue weighted by atomic mass is 10.1. The Morgan fingerprint density at radius 1 is 1.06 bits per heavy atom. The second kappa shape index (κ2) is 9.97. The first-order chi connectivity index (χ1) is 15.0. The van der Waals surface area contributed by atoms with Crippen LogP contribution in [0.25, 0.3) is 11.3 Å². The maximum atomic E-state index is 12.0. The molecule has 0 aliphatic heterocycles. The molecular weight excluding hydrogens is 398 g/mol. The molecule has 0 spiro atoms. The summed E-state index contributed by atoms with van der Waals surface area (Å²) in [4.78, 5) is 36.5. The van der Waals surface area contributed by atoms with Gasteiger partial charge in [-0.1, -0.05) is 6.07 Å². The molecule has 0 bridgehead atoms. The molecule has 158 valence electrons. The summed E-state index contributed by atoms with van der Waals surface area (Å²) in [5, 5.41) is 6.06. The number of nitrogens with one attached hydrogen (secondary N) is 2. The van der Waals surface area contributed by atoms with E-state index in [1.54, 1.807) is 36.8 Å². The van der Waals surface area contributed by atoms with Crippen LogP contribution >= 0.6 is 0 Å². The normalized spacial score (nSPS) is 10.9. The molecule has 0 amide bonds. The number of hydrogen-bond donors (Lipinski definition) is 2. The fourth-order valence-corrected chi connectivity index (χ4v) is 2.64. The predicted molar refractivity (Wildman–Crippen MR) is 115 cm³/mol. The van der Waals surface area contributed by atoms with Gasteiger partial charge in [-0.3, -0.25) is 4.98 Å². The van der Waals surface area contributed by atoms with E-state index in [1.165, 1.54) is 14.2 Å². The zero-order valence-corrected chi connectivity index (χ0v) is 17.2. The van der Waals surface area contributed by atoms with Crippen LogP contribution in [-0.4, -0.2) is 41.1 Å². The topological polar surface area (TPSA) is 115 Å². The largest absolute Gasteiger partial charge is 0.466 e. The number of hydrogen-bond acceptors (Lipinski definition) is 9. The predicted octanol–water partition coefficient (Wildman–Crippen LogP) is 3.23. The van der Waals surface area contributed by atoms with Crippen LogP contribution in [-0.2, 0) is 19.1 Å². The fourth-order valence-electron chi connectivity index (χ4n) is 2.64. The van der Waals surface area contributed by atoms with Gasteiger partial charge in [-0.05, 0) is 42.8 Å². The molecule has 0 radical (unpaired) electrons. The lowest BCUT2D eigenvalue weighted by molar-refractivity contribution is -0.138. The molecule has 0 saturated carbocycles. The molecule has 0 atom stereocenters. The van der Waals surface area contributed by atoms with Crippen molar-refractivity contribution in [2.45, 2.75) is 6.92 Å². The minimum absolute atomic E-state index is 0.0565. The van der Waals surface area contributed by atoms with Crippen LogP contribution in [0, 0.1) is 6.92 Å². The average Bonchev–Trinajstić information content (AvgIpc) is 2.80. The van der Waals surface area contributed by atoms with E-state index >= 15 is 0 Å². The highest BCUT2D eigenvalue weighted by Crippen LogP contribution is 2.25. The lowest BCUT2D eigenvalue weighted by Crippen LogP contribution is -2.15. The summed E-state index contributed by atoms with van der Waals surface area (Å²) in [5.41, 5.74) is 3.74. The van der Waals surface area contributed by atoms with E-state index < -0.39 is 11.9 Å². The van der Waals surface area contributed by atoms with Crippen LogP contribution in [0.15, 0.2) is 66.8 Å². The molecule has 2 N–H and O–H groups in total. The van der Waals surface area contributed by atoms with Crippen molar-refractivity contribution in [1.82, 2.24) is 15.0 Å². The maximum absolute atomic E-state index is 12.0. The molecule has 3 aromatic rings. The SMILES string of the molecule is COC(=O)/C=C(/Nc1ccc(C)c(Nc2nccc(-c3cccnc3)n2)c1)C(=O)OC. The number of anilines is 3. The number of aryl methyl sites for hydroxylation is 1. The Hall–Kier alpha value is -4.27. The van der Waals surface area contributed by atoms with Gasteiger partial charge in [0.1, 0.15) is 5.70 Å². The van der Waals surface area contributed by atoms with E-state index in [0.29, 0.717) is 11.6 Å². The summed E-state index contributed by atoms with van der Waals surface area (Å²) in [7, 11) is 2.45. The van der Waals surface area contributed by atoms with Crippen LogP contribution in [0.3, 0.4) is 0 Å². The van der Waals surface area contributed by atoms with Gasteiger partial charge >= 0.3 is 11.9 Å². The van der Waals surface area contributed by atoms with Crippen molar-refractivity contribution < 1.29 is 19.1 Å². The monoisotopic (exact) mass is 419 g/mol. The molecule has 9 nitrogen and oxygen atoms in total. The summed E-state index contributed by atoms with van der Waals surface area (Å²) in [6, 6.07) is 10.9. The maximum Gasteiger partial charge on any atom is 0.354 e. The van der Waals surface area contributed by atoms with E-state index in [4.69, 9.17) is 4.74 Å². The molecule has 0 aliphatic rings. The highest BCUT2D eigenvalue weighted by atomic mass is 16.5. The zero-order chi connectivity index (χ0) is 22.2. The summed E-state index contributed by atoms with van der Waals surface area (Å²) < 4.78 is 9.30. The smallest absolute Gasteiger partial charge is 0.354 e. The Bertz CT molecular complexity index is 1120.